The normalized spacial score (nSPS) is 12.6. The van der Waals surface area contributed by atoms with Gasteiger partial charge in [-0.15, -0.1) is 0 Å². The number of anilines is 1. The van der Waals surface area contributed by atoms with E-state index >= 15 is 0 Å². The van der Waals surface area contributed by atoms with Crippen LogP contribution in [0.5, 0.6) is 11.5 Å². The minimum atomic E-state index is -4.28. The molecule has 1 N–H and O–H groups in total. The van der Waals surface area contributed by atoms with Gasteiger partial charge in [-0.25, -0.2) is 8.42 Å². The van der Waals surface area contributed by atoms with Crippen LogP contribution >= 0.6 is 11.6 Å². The summed E-state index contributed by atoms with van der Waals surface area (Å²) in [4.78, 5) is 28.7. The first-order valence-corrected chi connectivity index (χ1v) is 15.4. The lowest BCUT2D eigenvalue weighted by atomic mass is 10.1. The molecular weight excluding hydrogens is 578 g/mol. The summed E-state index contributed by atoms with van der Waals surface area (Å²) in [6.07, 6.45) is 0.703. The molecule has 2 amide bonds. The second-order valence-corrected chi connectivity index (χ2v) is 12.2. The largest absolute Gasteiger partial charge is 0.497 e. The second kappa shape index (κ2) is 14.4. The Morgan fingerprint density at radius 2 is 1.64 bits per heavy atom. The molecule has 0 saturated carbocycles. The Morgan fingerprint density at radius 1 is 0.976 bits per heavy atom. The van der Waals surface area contributed by atoms with E-state index in [1.54, 1.807) is 55.5 Å². The number of methoxy groups -OCH3 is 2. The summed E-state index contributed by atoms with van der Waals surface area (Å²) in [6, 6.07) is 17.0. The van der Waals surface area contributed by atoms with E-state index in [4.69, 9.17) is 21.1 Å². The van der Waals surface area contributed by atoms with Crippen molar-refractivity contribution in [2.75, 3.05) is 25.1 Å². The van der Waals surface area contributed by atoms with E-state index in [-0.39, 0.29) is 34.8 Å². The number of nitrogens with zero attached hydrogens (tertiary/aromatic N) is 2. The summed E-state index contributed by atoms with van der Waals surface area (Å²) in [6.45, 7) is 6.64. The van der Waals surface area contributed by atoms with E-state index in [9.17, 15) is 18.0 Å². The van der Waals surface area contributed by atoms with Crippen molar-refractivity contribution in [3.63, 3.8) is 0 Å². The van der Waals surface area contributed by atoms with Gasteiger partial charge >= 0.3 is 0 Å². The third-order valence-electron chi connectivity index (χ3n) is 7.01. The molecule has 0 aromatic heterocycles. The van der Waals surface area contributed by atoms with Crippen LogP contribution in [0.15, 0.2) is 71.6 Å². The molecule has 11 heteroatoms. The average Bonchev–Trinajstić information content (AvgIpc) is 2.98. The highest BCUT2D eigenvalue weighted by molar-refractivity contribution is 7.92. The van der Waals surface area contributed by atoms with Gasteiger partial charge in [0.1, 0.15) is 24.1 Å². The molecule has 3 aromatic carbocycles. The number of halogens is 1. The predicted octanol–water partition coefficient (Wildman–Crippen LogP) is 5.19. The van der Waals surface area contributed by atoms with E-state index < -0.39 is 28.5 Å². The van der Waals surface area contributed by atoms with Gasteiger partial charge in [0.25, 0.3) is 10.0 Å². The van der Waals surface area contributed by atoms with Gasteiger partial charge in [0.15, 0.2) is 0 Å². The third-order valence-corrected chi connectivity index (χ3v) is 9.15. The molecule has 0 aliphatic rings. The number of amides is 2. The van der Waals surface area contributed by atoms with E-state index in [2.05, 4.69) is 5.32 Å². The number of hydrogen-bond donors (Lipinski definition) is 1. The van der Waals surface area contributed by atoms with Gasteiger partial charge in [-0.3, -0.25) is 13.9 Å². The third kappa shape index (κ3) is 7.74. The van der Waals surface area contributed by atoms with E-state index in [0.29, 0.717) is 22.8 Å². The SMILES string of the molecule is CC[C@@H](C)NC(=O)[C@H](C)N(Cc1ccccc1Cl)C(=O)CN(c1cc(OC)ccc1OC)S(=O)(=O)c1ccc(C)cc1. The van der Waals surface area contributed by atoms with Crippen LogP contribution in [0.1, 0.15) is 38.3 Å². The molecule has 0 spiro atoms. The van der Waals surface area contributed by atoms with Crippen LogP contribution in [0.4, 0.5) is 5.69 Å². The van der Waals surface area contributed by atoms with Crippen LogP contribution in [0.25, 0.3) is 0 Å². The van der Waals surface area contributed by atoms with Crippen LogP contribution < -0.4 is 19.1 Å². The van der Waals surface area contributed by atoms with E-state index in [1.165, 1.54) is 37.3 Å². The molecule has 226 valence electrons. The lowest BCUT2D eigenvalue weighted by Gasteiger charge is -2.33. The maximum absolute atomic E-state index is 14.2. The summed E-state index contributed by atoms with van der Waals surface area (Å²) < 4.78 is 40.1. The van der Waals surface area contributed by atoms with Gasteiger partial charge in [0, 0.05) is 23.7 Å². The predicted molar refractivity (Wildman–Crippen MR) is 165 cm³/mol. The molecule has 0 aliphatic heterocycles. The minimum Gasteiger partial charge on any atom is -0.497 e. The Labute approximate surface area is 253 Å². The Balaban J connectivity index is 2.13. The zero-order chi connectivity index (χ0) is 31.0. The lowest BCUT2D eigenvalue weighted by Crippen LogP contribution is -2.52. The van der Waals surface area contributed by atoms with Crippen molar-refractivity contribution in [3.8, 4) is 11.5 Å². The second-order valence-electron chi connectivity index (χ2n) is 9.97. The highest BCUT2D eigenvalue weighted by Crippen LogP contribution is 2.36. The Bertz CT molecular complexity index is 1500. The van der Waals surface area contributed by atoms with Crippen molar-refractivity contribution < 1.29 is 27.5 Å². The van der Waals surface area contributed by atoms with Crippen molar-refractivity contribution in [2.24, 2.45) is 0 Å². The monoisotopic (exact) mass is 615 g/mol. The van der Waals surface area contributed by atoms with Crippen molar-refractivity contribution in [3.05, 3.63) is 82.9 Å². The summed E-state index contributed by atoms with van der Waals surface area (Å²) in [7, 11) is -1.41. The molecule has 3 rings (SSSR count). The highest BCUT2D eigenvalue weighted by atomic mass is 35.5. The molecule has 0 heterocycles. The van der Waals surface area contributed by atoms with Gasteiger partial charge in [-0.2, -0.15) is 0 Å². The van der Waals surface area contributed by atoms with E-state index in [0.717, 1.165) is 9.87 Å². The number of sulfonamides is 1. The molecule has 9 nitrogen and oxygen atoms in total. The standard InChI is InChI=1S/C31H38ClN3O6S/c1-7-22(3)33-31(37)23(4)34(19-24-10-8-9-11-27(24)32)30(36)20-35(28-18-25(40-5)14-17-29(28)41-6)42(38,39)26-15-12-21(2)13-16-26/h8-18,22-23H,7,19-20H2,1-6H3,(H,33,37)/t22-,23+/m1/s1. The van der Waals surface area contributed by atoms with Crippen LogP contribution in [0.3, 0.4) is 0 Å². The van der Waals surface area contributed by atoms with Crippen molar-refractivity contribution in [2.45, 2.75) is 57.6 Å². The molecule has 0 radical (unpaired) electrons. The summed E-state index contributed by atoms with van der Waals surface area (Å²) in [5.41, 5.74) is 1.60. The van der Waals surface area contributed by atoms with Gasteiger partial charge in [-0.05, 0) is 63.1 Å². The number of benzene rings is 3. The summed E-state index contributed by atoms with van der Waals surface area (Å²) in [5, 5.41) is 3.33. The van der Waals surface area contributed by atoms with Gasteiger partial charge in [0.2, 0.25) is 11.8 Å². The van der Waals surface area contributed by atoms with Crippen molar-refractivity contribution >= 4 is 39.1 Å². The number of aryl methyl sites for hydroxylation is 1. The number of ether oxygens (including phenoxy) is 2. The number of hydrogen-bond acceptors (Lipinski definition) is 6. The Hall–Kier alpha value is -3.76. The first kappa shape index (κ1) is 32.8. The number of rotatable bonds is 13. The van der Waals surface area contributed by atoms with Crippen LogP contribution in [-0.2, 0) is 26.2 Å². The molecule has 2 atom stereocenters. The first-order chi connectivity index (χ1) is 19.9. The van der Waals surface area contributed by atoms with Gasteiger partial charge in [-0.1, -0.05) is 54.4 Å². The molecule has 0 saturated heterocycles. The molecule has 0 aliphatic carbocycles. The summed E-state index contributed by atoms with van der Waals surface area (Å²) in [5.74, 6) is -0.380. The lowest BCUT2D eigenvalue weighted by molar-refractivity contribution is -0.139. The molecule has 0 bridgehead atoms. The van der Waals surface area contributed by atoms with Crippen LogP contribution in [0, 0.1) is 6.92 Å². The van der Waals surface area contributed by atoms with Crippen molar-refractivity contribution in [1.29, 1.82) is 0 Å². The number of nitrogens with one attached hydrogen (secondary N) is 1. The molecule has 3 aromatic rings. The fourth-order valence-electron chi connectivity index (χ4n) is 4.20. The minimum absolute atomic E-state index is 0.00834. The smallest absolute Gasteiger partial charge is 0.264 e. The quantitative estimate of drug-likeness (QED) is 0.284. The first-order valence-electron chi connectivity index (χ1n) is 13.6. The summed E-state index contributed by atoms with van der Waals surface area (Å²) >= 11 is 6.43. The zero-order valence-electron chi connectivity index (χ0n) is 24.8. The molecule has 0 unspecified atom stereocenters. The van der Waals surface area contributed by atoms with Crippen LogP contribution in [0.2, 0.25) is 5.02 Å². The number of carbonyl (C=O) groups is 2. The van der Waals surface area contributed by atoms with E-state index in [1.807, 2.05) is 20.8 Å². The fourth-order valence-corrected chi connectivity index (χ4v) is 5.81. The topological polar surface area (TPSA) is 105 Å². The highest BCUT2D eigenvalue weighted by Gasteiger charge is 2.34. The molecule has 42 heavy (non-hydrogen) atoms. The Morgan fingerprint density at radius 3 is 2.24 bits per heavy atom. The number of carbonyl (C=O) groups excluding carboxylic acids is 2. The van der Waals surface area contributed by atoms with Crippen molar-refractivity contribution in [1.82, 2.24) is 10.2 Å². The maximum Gasteiger partial charge on any atom is 0.264 e. The molecule has 0 fully saturated rings. The fraction of sp³-hybridized carbons (Fsp3) is 0.355. The van der Waals surface area contributed by atoms with Gasteiger partial charge < -0.3 is 19.7 Å². The maximum atomic E-state index is 14.2. The zero-order valence-corrected chi connectivity index (χ0v) is 26.3. The Kier molecular flexibility index (Phi) is 11.2. The van der Waals surface area contributed by atoms with Crippen LogP contribution in [-0.4, -0.2) is 58.0 Å². The molecular formula is C31H38ClN3O6S. The average molecular weight is 616 g/mol. The van der Waals surface area contributed by atoms with Gasteiger partial charge in [0.05, 0.1) is 24.8 Å².